The summed E-state index contributed by atoms with van der Waals surface area (Å²) in [6.07, 6.45) is 0.651. The molecular weight excluding hydrogens is 500 g/mol. The number of amides is 1. The van der Waals surface area contributed by atoms with Gasteiger partial charge < -0.3 is 10.1 Å². The van der Waals surface area contributed by atoms with Crippen LogP contribution in [0.5, 0.6) is 5.75 Å². The summed E-state index contributed by atoms with van der Waals surface area (Å²) in [7, 11) is 0. The maximum atomic E-state index is 13.2. The molecule has 1 amide bonds. The Labute approximate surface area is 215 Å². The molecule has 0 aromatic heterocycles. The zero-order chi connectivity index (χ0) is 24.2. The van der Waals surface area contributed by atoms with Gasteiger partial charge in [-0.25, -0.2) is 0 Å². The van der Waals surface area contributed by atoms with Crippen molar-refractivity contribution in [2.75, 3.05) is 0 Å². The number of halogens is 4. The number of benzene rings is 3. The van der Waals surface area contributed by atoms with E-state index in [9.17, 15) is 4.79 Å². The normalized spacial score (nSPS) is 13.3. The first-order chi connectivity index (χ1) is 15.5. The van der Waals surface area contributed by atoms with E-state index < -0.39 is 5.60 Å². The summed E-state index contributed by atoms with van der Waals surface area (Å²) < 4.78 is 5.95. The van der Waals surface area contributed by atoms with E-state index in [4.69, 9.17) is 51.1 Å². The van der Waals surface area contributed by atoms with Crippen LogP contribution in [-0.4, -0.2) is 17.6 Å². The summed E-state index contributed by atoms with van der Waals surface area (Å²) in [5, 5.41) is 5.50. The maximum Gasteiger partial charge on any atom is 0.263 e. The molecule has 3 nitrogen and oxygen atoms in total. The summed E-state index contributed by atoms with van der Waals surface area (Å²) in [5.41, 5.74) is 0.880. The first kappa shape index (κ1) is 25.7. The minimum atomic E-state index is -1.10. The second-order valence-electron chi connectivity index (χ2n) is 8.43. The van der Waals surface area contributed by atoms with Gasteiger partial charge in [-0.2, -0.15) is 0 Å². The van der Waals surface area contributed by atoms with E-state index in [2.05, 4.69) is 5.32 Å². The van der Waals surface area contributed by atoms with Crippen molar-refractivity contribution in [3.05, 3.63) is 97.9 Å². The monoisotopic (exact) mass is 523 g/mol. The molecule has 1 N–H and O–H groups in total. The summed E-state index contributed by atoms with van der Waals surface area (Å²) in [6.45, 7) is 5.42. The molecule has 0 aliphatic carbocycles. The Morgan fingerprint density at radius 3 is 2.00 bits per heavy atom. The van der Waals surface area contributed by atoms with Crippen LogP contribution in [0, 0.1) is 0 Å². The average molecular weight is 525 g/mol. The molecule has 0 saturated heterocycles. The predicted molar refractivity (Wildman–Crippen MR) is 138 cm³/mol. The van der Waals surface area contributed by atoms with Crippen molar-refractivity contribution in [3.63, 3.8) is 0 Å². The molecule has 0 spiro atoms. The second-order valence-corrected chi connectivity index (χ2v) is 10.1. The summed E-state index contributed by atoms with van der Waals surface area (Å²) in [5.74, 6) is 0.216. The Bertz CT molecular complexity index is 1100. The summed E-state index contributed by atoms with van der Waals surface area (Å²) in [4.78, 5) is 13.2. The Balaban J connectivity index is 1.82. The van der Waals surface area contributed by atoms with Crippen molar-refractivity contribution in [1.82, 2.24) is 5.32 Å². The van der Waals surface area contributed by atoms with E-state index in [0.717, 1.165) is 11.1 Å². The Morgan fingerprint density at radius 2 is 1.42 bits per heavy atom. The third-order valence-corrected chi connectivity index (χ3v) is 6.49. The lowest BCUT2D eigenvalue weighted by atomic mass is 9.86. The number of carbonyl (C=O) groups is 1. The first-order valence-electron chi connectivity index (χ1n) is 10.5. The van der Waals surface area contributed by atoms with Crippen LogP contribution in [0.2, 0.25) is 20.1 Å². The molecular formula is C26H25Cl4NO2. The van der Waals surface area contributed by atoms with Crippen molar-refractivity contribution in [2.24, 2.45) is 0 Å². The van der Waals surface area contributed by atoms with Gasteiger partial charge in [-0.05, 0) is 86.8 Å². The number of ether oxygens (including phenoxy) is 1. The lowest BCUT2D eigenvalue weighted by Crippen LogP contribution is -2.51. The molecule has 0 aliphatic rings. The fourth-order valence-electron chi connectivity index (χ4n) is 3.56. The van der Waals surface area contributed by atoms with Crippen LogP contribution >= 0.6 is 46.4 Å². The van der Waals surface area contributed by atoms with Gasteiger partial charge in [-0.3, -0.25) is 4.79 Å². The number of hydrogen-bond acceptors (Lipinski definition) is 2. The van der Waals surface area contributed by atoms with Gasteiger partial charge >= 0.3 is 0 Å². The molecule has 2 unspecified atom stereocenters. The fourth-order valence-corrected chi connectivity index (χ4v) is 4.36. The van der Waals surface area contributed by atoms with E-state index >= 15 is 0 Å². The van der Waals surface area contributed by atoms with Gasteiger partial charge in [0, 0.05) is 32.1 Å². The number of carbonyl (C=O) groups excluding carboxylic acids is 1. The lowest BCUT2D eigenvalue weighted by molar-refractivity contribution is -0.135. The van der Waals surface area contributed by atoms with Crippen LogP contribution in [0.15, 0.2) is 66.7 Å². The van der Waals surface area contributed by atoms with Crippen molar-refractivity contribution in [3.8, 4) is 5.75 Å². The van der Waals surface area contributed by atoms with Crippen LogP contribution in [0.3, 0.4) is 0 Å². The van der Waals surface area contributed by atoms with Crippen molar-refractivity contribution in [2.45, 2.75) is 44.8 Å². The largest absolute Gasteiger partial charge is 0.478 e. The van der Waals surface area contributed by atoms with Gasteiger partial charge in [-0.1, -0.05) is 64.6 Å². The molecule has 0 saturated carbocycles. The number of rotatable bonds is 8. The average Bonchev–Trinajstić information content (AvgIpc) is 2.75. The Kier molecular flexibility index (Phi) is 8.58. The molecule has 0 aliphatic heterocycles. The van der Waals surface area contributed by atoms with Crippen LogP contribution < -0.4 is 10.1 Å². The Hall–Kier alpha value is -1.91. The molecule has 2 atom stereocenters. The van der Waals surface area contributed by atoms with Crippen LogP contribution in [0.25, 0.3) is 0 Å². The molecule has 0 heterocycles. The molecule has 3 rings (SSSR count). The van der Waals surface area contributed by atoms with Gasteiger partial charge in [0.15, 0.2) is 5.60 Å². The molecule has 7 heteroatoms. The van der Waals surface area contributed by atoms with Crippen LogP contribution in [0.1, 0.15) is 37.8 Å². The highest BCUT2D eigenvalue weighted by atomic mass is 35.5. The topological polar surface area (TPSA) is 38.3 Å². The molecule has 0 bridgehead atoms. The molecule has 33 heavy (non-hydrogen) atoms. The quantitative estimate of drug-likeness (QED) is 0.324. The highest BCUT2D eigenvalue weighted by Gasteiger charge is 2.33. The highest BCUT2D eigenvalue weighted by molar-refractivity contribution is 6.35. The molecule has 0 radical (unpaired) electrons. The highest BCUT2D eigenvalue weighted by Crippen LogP contribution is 2.33. The smallest absolute Gasteiger partial charge is 0.263 e. The Morgan fingerprint density at radius 1 is 0.879 bits per heavy atom. The minimum Gasteiger partial charge on any atom is -0.478 e. The number of hydrogen-bond donors (Lipinski definition) is 1. The van der Waals surface area contributed by atoms with Gasteiger partial charge in [0.05, 0.1) is 0 Å². The van der Waals surface area contributed by atoms with Crippen molar-refractivity contribution >= 4 is 52.3 Å². The van der Waals surface area contributed by atoms with Gasteiger partial charge in [0.1, 0.15) is 5.75 Å². The minimum absolute atomic E-state index is 0.105. The van der Waals surface area contributed by atoms with Gasteiger partial charge in [0.2, 0.25) is 0 Å². The molecule has 3 aromatic rings. The van der Waals surface area contributed by atoms with Gasteiger partial charge in [0.25, 0.3) is 5.91 Å². The third kappa shape index (κ3) is 7.04. The SMILES string of the molecule is CC(NC(=O)C(C)(C)Oc1ccc(Cl)cc1)C(Cc1ccc(Cl)cc1)c1ccc(Cl)cc1Cl. The summed E-state index contributed by atoms with van der Waals surface area (Å²) >= 11 is 24.7. The standard InChI is InChI=1S/C26H25Cl4NO2/c1-16(31-25(32)26(2,3)33-21-11-8-19(28)9-12-21)23(14-17-4-6-18(27)7-5-17)22-13-10-20(29)15-24(22)30/h4-13,15-16,23H,14H2,1-3H3,(H,31,32). The fraction of sp³-hybridized carbons (Fsp3) is 0.269. The predicted octanol–water partition coefficient (Wildman–Crippen LogP) is 7.99. The molecule has 3 aromatic carbocycles. The van der Waals surface area contributed by atoms with Gasteiger partial charge in [-0.15, -0.1) is 0 Å². The van der Waals surface area contributed by atoms with Crippen LogP contribution in [-0.2, 0) is 11.2 Å². The third-order valence-electron chi connectivity index (χ3n) is 5.43. The van der Waals surface area contributed by atoms with Crippen molar-refractivity contribution in [1.29, 1.82) is 0 Å². The lowest BCUT2D eigenvalue weighted by Gasteiger charge is -2.31. The molecule has 174 valence electrons. The van der Waals surface area contributed by atoms with Crippen molar-refractivity contribution < 1.29 is 9.53 Å². The summed E-state index contributed by atoms with van der Waals surface area (Å²) in [6, 6.07) is 19.7. The van der Waals surface area contributed by atoms with E-state index in [1.165, 1.54) is 0 Å². The van der Waals surface area contributed by atoms with E-state index in [0.29, 0.717) is 32.3 Å². The first-order valence-corrected chi connectivity index (χ1v) is 12.0. The van der Waals surface area contributed by atoms with E-state index in [1.54, 1.807) is 50.2 Å². The van der Waals surface area contributed by atoms with E-state index in [1.807, 2.05) is 37.3 Å². The molecule has 0 fully saturated rings. The zero-order valence-corrected chi connectivity index (χ0v) is 21.6. The maximum absolute atomic E-state index is 13.2. The second kappa shape index (κ2) is 11.0. The zero-order valence-electron chi connectivity index (χ0n) is 18.5. The van der Waals surface area contributed by atoms with Crippen LogP contribution in [0.4, 0.5) is 0 Å². The van der Waals surface area contributed by atoms with E-state index in [-0.39, 0.29) is 17.9 Å². The number of nitrogens with one attached hydrogen (secondary N) is 1.